The van der Waals surface area contributed by atoms with E-state index in [1.165, 1.54) is 0 Å². The molecule has 0 bridgehead atoms. The van der Waals surface area contributed by atoms with E-state index >= 15 is 0 Å². The number of nitrogens with one attached hydrogen (secondary N) is 2. The van der Waals surface area contributed by atoms with Gasteiger partial charge in [0.1, 0.15) is 12.6 Å². The normalized spacial score (nSPS) is 17.2. The Kier molecular flexibility index (Phi) is 7.17. The predicted molar refractivity (Wildman–Crippen MR) is 125 cm³/mol. The fourth-order valence-corrected chi connectivity index (χ4v) is 4.93. The topological polar surface area (TPSA) is 125 Å². The maximum atomic E-state index is 12.6. The molecule has 0 heterocycles. The number of hydrogen-bond acceptors (Lipinski definition) is 5. The van der Waals surface area contributed by atoms with Gasteiger partial charge in [0.2, 0.25) is 5.91 Å². The van der Waals surface area contributed by atoms with Crippen molar-refractivity contribution < 1.29 is 29.3 Å². The zero-order chi connectivity index (χ0) is 24.1. The molecule has 1 unspecified atom stereocenters. The lowest BCUT2D eigenvalue weighted by Gasteiger charge is -2.32. The quantitative estimate of drug-likeness (QED) is 0.474. The van der Waals surface area contributed by atoms with Gasteiger partial charge in [0, 0.05) is 12.5 Å². The Morgan fingerprint density at radius 2 is 1.56 bits per heavy atom. The number of carboxylic acids is 1. The second-order valence-electron chi connectivity index (χ2n) is 9.12. The Balaban J connectivity index is 1.37. The van der Waals surface area contributed by atoms with Crippen LogP contribution in [0.15, 0.2) is 48.5 Å². The third-order valence-electron chi connectivity index (χ3n) is 6.71. The zero-order valence-corrected chi connectivity index (χ0v) is 19.0. The summed E-state index contributed by atoms with van der Waals surface area (Å²) >= 11 is 0. The van der Waals surface area contributed by atoms with Crippen molar-refractivity contribution in [2.24, 2.45) is 0 Å². The fourth-order valence-electron chi connectivity index (χ4n) is 4.93. The third kappa shape index (κ3) is 5.39. The van der Waals surface area contributed by atoms with Crippen molar-refractivity contribution in [1.82, 2.24) is 10.6 Å². The lowest BCUT2D eigenvalue weighted by molar-refractivity contribution is -0.140. The van der Waals surface area contributed by atoms with Crippen LogP contribution >= 0.6 is 0 Å². The summed E-state index contributed by atoms with van der Waals surface area (Å²) < 4.78 is 5.44. The minimum atomic E-state index is -1.31. The lowest BCUT2D eigenvalue weighted by atomic mass is 9.85. The molecular weight excluding hydrogens is 436 g/mol. The molecule has 4 rings (SSSR count). The van der Waals surface area contributed by atoms with Crippen LogP contribution in [0.1, 0.15) is 55.6 Å². The van der Waals surface area contributed by atoms with Crippen LogP contribution in [0.5, 0.6) is 0 Å². The molecule has 0 aromatic heterocycles. The van der Waals surface area contributed by atoms with E-state index in [4.69, 9.17) is 4.74 Å². The SMILES string of the molecule is O=C(O)CC(NC(=O)OCC1c2ccccc2-c2ccccc21)C(=O)NCC1(O)CCCCC1. The summed E-state index contributed by atoms with van der Waals surface area (Å²) in [5, 5.41) is 24.8. The van der Waals surface area contributed by atoms with E-state index in [-0.39, 0.29) is 19.1 Å². The number of ether oxygens (including phenoxy) is 1. The first-order valence-corrected chi connectivity index (χ1v) is 11.7. The van der Waals surface area contributed by atoms with Gasteiger partial charge < -0.3 is 25.6 Å². The number of carboxylic acid groups (broad SMARTS) is 1. The van der Waals surface area contributed by atoms with Crippen molar-refractivity contribution >= 4 is 18.0 Å². The monoisotopic (exact) mass is 466 g/mol. The van der Waals surface area contributed by atoms with E-state index in [1.54, 1.807) is 0 Å². The van der Waals surface area contributed by atoms with Crippen LogP contribution in [0.2, 0.25) is 0 Å². The number of fused-ring (bicyclic) bond motifs is 3. The molecule has 2 amide bonds. The number of hydrogen-bond donors (Lipinski definition) is 4. The number of carbonyl (C=O) groups excluding carboxylic acids is 2. The molecule has 0 spiro atoms. The van der Waals surface area contributed by atoms with Gasteiger partial charge in [0.05, 0.1) is 12.0 Å². The minimum Gasteiger partial charge on any atom is -0.481 e. The van der Waals surface area contributed by atoms with Crippen molar-refractivity contribution in [2.75, 3.05) is 13.2 Å². The molecule has 0 radical (unpaired) electrons. The summed E-state index contributed by atoms with van der Waals surface area (Å²) in [5.74, 6) is -2.03. The first kappa shape index (κ1) is 23.8. The number of alkyl carbamates (subject to hydrolysis) is 1. The summed E-state index contributed by atoms with van der Waals surface area (Å²) in [4.78, 5) is 36.4. The van der Waals surface area contributed by atoms with E-state index in [0.717, 1.165) is 41.5 Å². The second-order valence-corrected chi connectivity index (χ2v) is 9.12. The van der Waals surface area contributed by atoms with Gasteiger partial charge in [0.15, 0.2) is 0 Å². The predicted octanol–water partition coefficient (Wildman–Crippen LogP) is 3.18. The Hall–Kier alpha value is -3.39. The van der Waals surface area contributed by atoms with Gasteiger partial charge in [-0.1, -0.05) is 67.8 Å². The Morgan fingerprint density at radius 3 is 2.15 bits per heavy atom. The highest BCUT2D eigenvalue weighted by Gasteiger charge is 2.33. The summed E-state index contributed by atoms with van der Waals surface area (Å²) in [6.07, 6.45) is 2.51. The third-order valence-corrected chi connectivity index (χ3v) is 6.71. The molecule has 180 valence electrons. The maximum absolute atomic E-state index is 12.6. The van der Waals surface area contributed by atoms with E-state index < -0.39 is 36.0 Å². The van der Waals surface area contributed by atoms with Gasteiger partial charge in [0.25, 0.3) is 0 Å². The van der Waals surface area contributed by atoms with E-state index in [1.807, 2.05) is 48.5 Å². The van der Waals surface area contributed by atoms with Crippen LogP contribution in [0.4, 0.5) is 4.79 Å². The largest absolute Gasteiger partial charge is 0.481 e. The number of benzene rings is 2. The molecule has 34 heavy (non-hydrogen) atoms. The number of aliphatic hydroxyl groups is 1. The molecule has 0 saturated heterocycles. The Bertz CT molecular complexity index is 1020. The van der Waals surface area contributed by atoms with Gasteiger partial charge in [-0.2, -0.15) is 0 Å². The van der Waals surface area contributed by atoms with Gasteiger partial charge in [-0.15, -0.1) is 0 Å². The number of aliphatic carboxylic acids is 1. The lowest BCUT2D eigenvalue weighted by Crippen LogP contribution is -2.52. The number of rotatable bonds is 8. The first-order valence-electron chi connectivity index (χ1n) is 11.7. The van der Waals surface area contributed by atoms with E-state index in [9.17, 15) is 24.6 Å². The molecule has 2 aromatic rings. The highest BCUT2D eigenvalue weighted by Crippen LogP contribution is 2.44. The van der Waals surface area contributed by atoms with Gasteiger partial charge in [-0.05, 0) is 35.1 Å². The number of carbonyl (C=O) groups is 3. The number of amides is 2. The first-order chi connectivity index (χ1) is 16.4. The Morgan fingerprint density at radius 1 is 0.971 bits per heavy atom. The second kappa shape index (κ2) is 10.3. The van der Waals surface area contributed by atoms with Crippen LogP contribution in [0, 0.1) is 0 Å². The van der Waals surface area contributed by atoms with Gasteiger partial charge in [-0.25, -0.2) is 4.79 Å². The molecule has 2 aliphatic rings. The van der Waals surface area contributed by atoms with Crippen LogP contribution in [-0.4, -0.2) is 53.0 Å². The summed E-state index contributed by atoms with van der Waals surface area (Å²) in [5.41, 5.74) is 3.30. The molecular formula is C26H30N2O6. The molecule has 1 atom stereocenters. The van der Waals surface area contributed by atoms with Crippen LogP contribution < -0.4 is 10.6 Å². The van der Waals surface area contributed by atoms with Gasteiger partial charge >= 0.3 is 12.1 Å². The van der Waals surface area contributed by atoms with E-state index in [0.29, 0.717) is 12.8 Å². The summed E-state index contributed by atoms with van der Waals surface area (Å²) in [6.45, 7) is 0.0787. The summed E-state index contributed by atoms with van der Waals surface area (Å²) in [6, 6.07) is 14.5. The fraction of sp³-hybridized carbons (Fsp3) is 0.423. The van der Waals surface area contributed by atoms with Crippen molar-refractivity contribution in [3.63, 3.8) is 0 Å². The molecule has 1 fully saturated rings. The minimum absolute atomic E-state index is 0.0221. The molecule has 4 N–H and O–H groups in total. The molecule has 1 saturated carbocycles. The van der Waals surface area contributed by atoms with Crippen LogP contribution in [0.25, 0.3) is 11.1 Å². The van der Waals surface area contributed by atoms with Crippen molar-refractivity contribution in [1.29, 1.82) is 0 Å². The average Bonchev–Trinajstić information content (AvgIpc) is 3.15. The highest BCUT2D eigenvalue weighted by atomic mass is 16.5. The van der Waals surface area contributed by atoms with Crippen LogP contribution in [0.3, 0.4) is 0 Å². The van der Waals surface area contributed by atoms with Crippen molar-refractivity contribution in [3.8, 4) is 11.1 Å². The average molecular weight is 467 g/mol. The standard InChI is InChI=1S/C26H30N2O6/c29-23(30)14-22(24(31)27-16-26(33)12-6-1-7-13-26)28-25(32)34-15-21-19-10-4-2-8-17(19)18-9-3-5-11-20(18)21/h2-5,8-11,21-22,33H,1,6-7,12-16H2,(H,27,31)(H,28,32)(H,29,30). The molecule has 2 aromatic carbocycles. The molecule has 0 aliphatic heterocycles. The van der Waals surface area contributed by atoms with Gasteiger partial charge in [-0.3, -0.25) is 9.59 Å². The molecule has 2 aliphatic carbocycles. The molecule has 8 heteroatoms. The molecule has 8 nitrogen and oxygen atoms in total. The zero-order valence-electron chi connectivity index (χ0n) is 19.0. The maximum Gasteiger partial charge on any atom is 0.407 e. The smallest absolute Gasteiger partial charge is 0.407 e. The summed E-state index contributed by atoms with van der Waals surface area (Å²) in [7, 11) is 0. The van der Waals surface area contributed by atoms with Crippen molar-refractivity contribution in [2.45, 2.75) is 56.1 Å². The van der Waals surface area contributed by atoms with Crippen LogP contribution in [-0.2, 0) is 14.3 Å². The highest BCUT2D eigenvalue weighted by molar-refractivity contribution is 5.89. The Labute approximate surface area is 198 Å². The van der Waals surface area contributed by atoms with Crippen molar-refractivity contribution in [3.05, 3.63) is 59.7 Å². The van der Waals surface area contributed by atoms with E-state index in [2.05, 4.69) is 10.6 Å².